The zero-order chi connectivity index (χ0) is 38.0. The predicted octanol–water partition coefficient (Wildman–Crippen LogP) is 6.77. The molecule has 0 spiro atoms. The summed E-state index contributed by atoms with van der Waals surface area (Å²) in [5.74, 6) is -0.0732. The van der Waals surface area contributed by atoms with Crippen LogP contribution < -0.4 is 26.7 Å². The van der Waals surface area contributed by atoms with Crippen LogP contribution in [0.5, 0.6) is 11.5 Å². The number of benzene rings is 5. The van der Waals surface area contributed by atoms with E-state index in [2.05, 4.69) is 20.6 Å². The molecule has 0 unspecified atom stereocenters. The Hall–Kier alpha value is -6.50. The molecule has 272 valence electrons. The molecule has 7 rings (SSSR count). The number of carbonyl (C=O) groups excluding carboxylic acids is 1. The molecule has 0 radical (unpaired) electrons. The van der Waals surface area contributed by atoms with E-state index in [0.29, 0.717) is 58.6 Å². The number of pyridine rings is 2. The average molecular weight is 740 g/mol. The number of sulfone groups is 1. The number of hydrogen-bond acceptors (Lipinski definition) is 9. The lowest BCUT2D eigenvalue weighted by Gasteiger charge is -2.16. The molecule has 54 heavy (non-hydrogen) atoms. The number of aromatic amines is 1. The average Bonchev–Trinajstić information content (AvgIpc) is 3.17. The minimum atomic E-state index is -4.01. The van der Waals surface area contributed by atoms with Crippen LogP contribution in [0.15, 0.2) is 130 Å². The van der Waals surface area contributed by atoms with Crippen LogP contribution in [-0.2, 0) is 22.8 Å². The van der Waals surface area contributed by atoms with Crippen LogP contribution in [0.2, 0.25) is 0 Å². The Morgan fingerprint density at radius 1 is 0.889 bits per heavy atom. The number of aromatic hydroxyl groups is 1. The number of phenols is 1. The van der Waals surface area contributed by atoms with Gasteiger partial charge in [-0.1, -0.05) is 48.5 Å². The van der Waals surface area contributed by atoms with Gasteiger partial charge in [0.15, 0.2) is 0 Å². The minimum Gasteiger partial charge on any atom is -0.506 e. The first kappa shape index (κ1) is 35.9. The SMILES string of the molecule is COc1cccc(Nc2c(C(N)=O)cnc3c(C)cc(S(=O)(=O)c4cccc(-c5ccc(CNCCc6ccc(O)c7[nH]c(=O)ccc67)cc5)c4)cc23)c1. The number of primary amides is 1. The maximum atomic E-state index is 14.2. The van der Waals surface area contributed by atoms with Gasteiger partial charge in [0.25, 0.3) is 5.91 Å². The van der Waals surface area contributed by atoms with Gasteiger partial charge in [-0.05, 0) is 96.2 Å². The number of nitrogens with zero attached hydrogens (tertiary/aromatic N) is 1. The summed E-state index contributed by atoms with van der Waals surface area (Å²) in [5, 5.41) is 18.1. The monoisotopic (exact) mass is 739 g/mol. The highest BCUT2D eigenvalue weighted by Gasteiger charge is 2.23. The number of nitrogens with two attached hydrogens (primary N) is 1. The van der Waals surface area contributed by atoms with Gasteiger partial charge in [0.1, 0.15) is 11.5 Å². The van der Waals surface area contributed by atoms with Crippen molar-refractivity contribution in [2.24, 2.45) is 5.73 Å². The zero-order valence-corrected chi connectivity index (χ0v) is 30.3. The van der Waals surface area contributed by atoms with Gasteiger partial charge < -0.3 is 31.2 Å². The third kappa shape index (κ3) is 7.25. The number of phenolic OH excluding ortho intramolecular Hbond substituents is 1. The number of ether oxygens (including phenoxy) is 1. The van der Waals surface area contributed by atoms with Gasteiger partial charge in [0.05, 0.1) is 39.2 Å². The van der Waals surface area contributed by atoms with E-state index in [0.717, 1.165) is 27.6 Å². The van der Waals surface area contributed by atoms with Crippen LogP contribution in [0.1, 0.15) is 27.0 Å². The molecule has 0 saturated heterocycles. The van der Waals surface area contributed by atoms with Crippen LogP contribution in [0.4, 0.5) is 11.4 Å². The van der Waals surface area contributed by atoms with Crippen molar-refractivity contribution in [3.8, 4) is 22.6 Å². The number of aryl methyl sites for hydroxylation is 1. The number of nitrogens with one attached hydrogen (secondary N) is 3. The van der Waals surface area contributed by atoms with Crippen molar-refractivity contribution in [2.75, 3.05) is 19.0 Å². The Morgan fingerprint density at radius 3 is 2.46 bits per heavy atom. The Morgan fingerprint density at radius 2 is 1.69 bits per heavy atom. The Balaban J connectivity index is 1.11. The summed E-state index contributed by atoms with van der Waals surface area (Å²) < 4.78 is 33.8. The van der Waals surface area contributed by atoms with Gasteiger partial charge in [-0.3, -0.25) is 14.6 Å². The van der Waals surface area contributed by atoms with Crippen molar-refractivity contribution in [1.82, 2.24) is 15.3 Å². The Labute approximate surface area is 311 Å². The first-order valence-electron chi connectivity index (χ1n) is 17.1. The maximum Gasteiger partial charge on any atom is 0.252 e. The van der Waals surface area contributed by atoms with E-state index in [-0.39, 0.29) is 26.7 Å². The molecule has 1 amide bonds. The van der Waals surface area contributed by atoms with E-state index >= 15 is 0 Å². The third-order valence-corrected chi connectivity index (χ3v) is 11.1. The van der Waals surface area contributed by atoms with Gasteiger partial charge in [-0.25, -0.2) is 8.42 Å². The highest BCUT2D eigenvalue weighted by molar-refractivity contribution is 7.91. The fourth-order valence-electron chi connectivity index (χ4n) is 6.53. The van der Waals surface area contributed by atoms with E-state index in [1.165, 1.54) is 18.3 Å². The molecular weight excluding hydrogens is 703 g/mol. The third-order valence-electron chi connectivity index (χ3n) is 9.35. The van der Waals surface area contributed by atoms with Crippen molar-refractivity contribution >= 4 is 48.9 Å². The lowest BCUT2D eigenvalue weighted by molar-refractivity contribution is 0.100. The molecule has 11 nitrogen and oxygen atoms in total. The Bertz CT molecular complexity index is 2730. The van der Waals surface area contributed by atoms with Crippen molar-refractivity contribution < 1.29 is 23.1 Å². The smallest absolute Gasteiger partial charge is 0.252 e. The first-order valence-corrected chi connectivity index (χ1v) is 18.6. The standard InChI is InChI=1S/C42H37N5O6S/c1-25-19-33(22-35-39(25)45-24-36(42(43)50)40(35)46-30-6-4-7-31(21-30)53-2)54(51,52)32-8-3-5-29(20-32)27-11-9-26(10-12-27)23-44-18-17-28-13-15-37(48)41-34(28)14-16-38(49)47-41/h3-16,19-22,24,44,48H,17-18,23H2,1-2H3,(H2,43,50)(H,45,46)(H,47,49). The van der Waals surface area contributed by atoms with Crippen LogP contribution in [0.3, 0.4) is 0 Å². The van der Waals surface area contributed by atoms with Gasteiger partial charge in [0.2, 0.25) is 15.4 Å². The van der Waals surface area contributed by atoms with Gasteiger partial charge in [-0.2, -0.15) is 0 Å². The summed E-state index contributed by atoms with van der Waals surface area (Å²) in [6, 6.07) is 31.6. The van der Waals surface area contributed by atoms with Crippen molar-refractivity contribution in [3.63, 3.8) is 0 Å². The number of aromatic nitrogens is 2. The second-order valence-electron chi connectivity index (χ2n) is 12.9. The molecule has 7 aromatic rings. The zero-order valence-electron chi connectivity index (χ0n) is 29.5. The molecule has 0 fully saturated rings. The maximum absolute atomic E-state index is 14.2. The second-order valence-corrected chi connectivity index (χ2v) is 14.9. The molecule has 2 aromatic heterocycles. The summed E-state index contributed by atoms with van der Waals surface area (Å²) >= 11 is 0. The first-order chi connectivity index (χ1) is 26.0. The van der Waals surface area contributed by atoms with Crippen LogP contribution in [0.25, 0.3) is 32.9 Å². The quantitative estimate of drug-likeness (QED) is 0.0847. The molecule has 0 aliphatic carbocycles. The van der Waals surface area contributed by atoms with Gasteiger partial charge in [-0.15, -0.1) is 0 Å². The normalized spacial score (nSPS) is 11.5. The highest BCUT2D eigenvalue weighted by Crippen LogP contribution is 2.35. The van der Waals surface area contributed by atoms with E-state index in [1.54, 1.807) is 74.7 Å². The van der Waals surface area contributed by atoms with E-state index in [4.69, 9.17) is 10.5 Å². The number of amides is 1. The van der Waals surface area contributed by atoms with E-state index in [1.807, 2.05) is 36.4 Å². The fourth-order valence-corrected chi connectivity index (χ4v) is 7.95. The largest absolute Gasteiger partial charge is 0.506 e. The van der Waals surface area contributed by atoms with E-state index < -0.39 is 15.7 Å². The van der Waals surface area contributed by atoms with Crippen LogP contribution in [-0.4, -0.2) is 43.1 Å². The number of hydrogen-bond donors (Lipinski definition) is 5. The van der Waals surface area contributed by atoms with Crippen molar-refractivity contribution in [1.29, 1.82) is 0 Å². The molecule has 12 heteroatoms. The number of rotatable bonds is 12. The molecule has 2 heterocycles. The fraction of sp³-hybridized carbons (Fsp3) is 0.119. The summed E-state index contributed by atoms with van der Waals surface area (Å²) in [6.45, 7) is 3.07. The topological polar surface area (TPSA) is 176 Å². The number of anilines is 2. The predicted molar refractivity (Wildman–Crippen MR) is 210 cm³/mol. The van der Waals surface area contributed by atoms with Gasteiger partial charge in [0, 0.05) is 41.3 Å². The number of methoxy groups -OCH3 is 1. The molecule has 0 atom stereocenters. The lowest BCUT2D eigenvalue weighted by atomic mass is 10.0. The molecule has 0 aliphatic rings. The number of fused-ring (bicyclic) bond motifs is 2. The summed E-state index contributed by atoms with van der Waals surface area (Å²) in [5.41, 5.74) is 11.8. The lowest BCUT2D eigenvalue weighted by Crippen LogP contribution is -2.17. The summed E-state index contributed by atoms with van der Waals surface area (Å²) in [6.07, 6.45) is 2.09. The van der Waals surface area contributed by atoms with Crippen LogP contribution in [0, 0.1) is 6.92 Å². The second kappa shape index (κ2) is 14.9. The number of carbonyl (C=O) groups is 1. The Kier molecular flexibility index (Phi) is 9.87. The summed E-state index contributed by atoms with van der Waals surface area (Å²) in [7, 11) is -2.46. The molecular formula is C42H37N5O6S. The van der Waals surface area contributed by atoms with Crippen LogP contribution >= 0.6 is 0 Å². The molecule has 5 aromatic carbocycles. The highest BCUT2D eigenvalue weighted by atomic mass is 32.2. The molecule has 6 N–H and O–H groups in total. The van der Waals surface area contributed by atoms with Crippen molar-refractivity contribution in [3.05, 3.63) is 148 Å². The number of H-pyrrole nitrogens is 1. The molecule has 0 saturated carbocycles. The molecule has 0 aliphatic heterocycles. The summed E-state index contributed by atoms with van der Waals surface area (Å²) in [4.78, 5) is 31.6. The minimum absolute atomic E-state index is 0.0386. The van der Waals surface area contributed by atoms with Crippen molar-refractivity contribution in [2.45, 2.75) is 29.7 Å². The van der Waals surface area contributed by atoms with Gasteiger partial charge >= 0.3 is 0 Å². The molecule has 0 bridgehead atoms. The van der Waals surface area contributed by atoms with E-state index in [9.17, 15) is 23.1 Å².